The summed E-state index contributed by atoms with van der Waals surface area (Å²) >= 11 is 2.61. The predicted molar refractivity (Wildman–Crippen MR) is 79.0 cm³/mol. The van der Waals surface area contributed by atoms with Gasteiger partial charge in [0.25, 0.3) is 0 Å². The number of aromatic nitrogens is 2. The number of carboxylic acids is 1. The molecular formula is C13H14N3NaO5S2. The minimum absolute atomic E-state index is 0. The van der Waals surface area contributed by atoms with Crippen molar-refractivity contribution >= 4 is 35.0 Å². The van der Waals surface area contributed by atoms with E-state index in [1.807, 2.05) is 0 Å². The maximum atomic E-state index is 12.2. The molecule has 0 bridgehead atoms. The minimum Gasteiger partial charge on any atom is -0.543 e. The fraction of sp³-hybridized carbons (Fsp3) is 0.538. The molecule has 0 radical (unpaired) electrons. The maximum Gasteiger partial charge on any atom is 1.00 e. The number of carbonyl (C=O) groups is 2. The van der Waals surface area contributed by atoms with E-state index in [-0.39, 0.29) is 47.6 Å². The Morgan fingerprint density at radius 1 is 1.58 bits per heavy atom. The third-order valence-corrected chi connectivity index (χ3v) is 6.10. The third-order valence-electron chi connectivity index (χ3n) is 4.19. The van der Waals surface area contributed by atoms with Gasteiger partial charge in [-0.05, 0) is 12.5 Å². The van der Waals surface area contributed by atoms with Crippen LogP contribution in [0, 0.1) is 11.8 Å². The first-order chi connectivity index (χ1) is 11.0. The number of aliphatic hydroxyl groups excluding tert-OH is 2. The van der Waals surface area contributed by atoms with E-state index in [1.54, 1.807) is 5.51 Å². The van der Waals surface area contributed by atoms with Gasteiger partial charge in [0.05, 0.1) is 36.3 Å². The zero-order chi connectivity index (χ0) is 16.7. The van der Waals surface area contributed by atoms with Crippen molar-refractivity contribution in [3.05, 3.63) is 16.8 Å². The quantitative estimate of drug-likeness (QED) is 0.288. The van der Waals surface area contributed by atoms with Crippen LogP contribution in [0.15, 0.2) is 21.1 Å². The Kier molecular flexibility index (Phi) is 6.46. The zero-order valence-corrected chi connectivity index (χ0v) is 16.7. The van der Waals surface area contributed by atoms with Gasteiger partial charge in [0, 0.05) is 11.7 Å². The van der Waals surface area contributed by atoms with Crippen molar-refractivity contribution in [2.45, 2.75) is 23.4 Å². The molecule has 0 unspecified atom stereocenters. The van der Waals surface area contributed by atoms with Crippen molar-refractivity contribution < 1.29 is 54.5 Å². The Morgan fingerprint density at radius 2 is 2.29 bits per heavy atom. The van der Waals surface area contributed by atoms with E-state index >= 15 is 0 Å². The topological polar surface area (TPSA) is 127 Å². The number of fused-ring (bicyclic) bond motifs is 1. The fourth-order valence-corrected chi connectivity index (χ4v) is 4.83. The summed E-state index contributed by atoms with van der Waals surface area (Å²) in [5, 5.41) is 38.5. The van der Waals surface area contributed by atoms with E-state index in [0.29, 0.717) is 9.91 Å². The van der Waals surface area contributed by atoms with Crippen LogP contribution in [0.25, 0.3) is 0 Å². The smallest absolute Gasteiger partial charge is 0.543 e. The van der Waals surface area contributed by atoms with Crippen molar-refractivity contribution in [1.82, 2.24) is 15.1 Å². The van der Waals surface area contributed by atoms with E-state index in [1.165, 1.54) is 30.0 Å². The second-order valence-electron chi connectivity index (χ2n) is 5.41. The number of hydrogen-bond acceptors (Lipinski definition) is 9. The number of β-lactam (4-membered cyclic amide) rings is 1. The Labute approximate surface area is 168 Å². The molecular weight excluding hydrogens is 365 g/mol. The molecule has 2 aliphatic rings. The van der Waals surface area contributed by atoms with Crippen molar-refractivity contribution in [3.8, 4) is 0 Å². The number of hydrogen-bond donors (Lipinski definition) is 2. The normalized spacial score (nSPS) is 26.7. The second-order valence-corrected chi connectivity index (χ2v) is 7.46. The van der Waals surface area contributed by atoms with E-state index in [2.05, 4.69) is 10.2 Å². The molecule has 124 valence electrons. The van der Waals surface area contributed by atoms with Crippen molar-refractivity contribution in [2.75, 3.05) is 12.4 Å². The van der Waals surface area contributed by atoms with E-state index in [0.717, 1.165) is 4.90 Å². The number of carboxylic acid groups (broad SMARTS) is 1. The molecule has 24 heavy (non-hydrogen) atoms. The van der Waals surface area contributed by atoms with Gasteiger partial charge in [-0.3, -0.25) is 4.79 Å². The number of thioether (sulfide) groups is 1. The minimum atomic E-state index is -1.45. The SMILES string of the molecule is C[C@@H](O)[C@H]1C(=O)N2C(C(=O)[O-])=C(CSc3nncs3)[C@H](CO)[C@@H]12.[Na+]. The molecule has 4 atom stereocenters. The fourth-order valence-electron chi connectivity index (χ4n) is 3.24. The molecule has 2 N–H and O–H groups in total. The summed E-state index contributed by atoms with van der Waals surface area (Å²) in [6, 6.07) is -0.537. The Hall–Kier alpha value is -0.490. The van der Waals surface area contributed by atoms with Crippen LogP contribution in [0.4, 0.5) is 0 Å². The number of nitrogens with zero attached hydrogens (tertiary/aromatic N) is 3. The van der Waals surface area contributed by atoms with Crippen LogP contribution in [-0.4, -0.2) is 61.7 Å². The van der Waals surface area contributed by atoms with Gasteiger partial charge in [-0.2, -0.15) is 0 Å². The van der Waals surface area contributed by atoms with E-state index < -0.39 is 35.9 Å². The second kappa shape index (κ2) is 7.81. The molecule has 3 rings (SSSR count). The molecule has 0 spiro atoms. The summed E-state index contributed by atoms with van der Waals surface area (Å²) in [5.74, 6) is -2.86. The number of carbonyl (C=O) groups excluding carboxylic acids is 2. The molecule has 1 aromatic heterocycles. The molecule has 1 aromatic rings. The van der Waals surface area contributed by atoms with Gasteiger partial charge in [-0.25, -0.2) is 0 Å². The Balaban J connectivity index is 0.00000208. The van der Waals surface area contributed by atoms with Crippen LogP contribution in [0.5, 0.6) is 0 Å². The molecule has 11 heteroatoms. The first-order valence-corrected chi connectivity index (χ1v) is 8.79. The number of aliphatic hydroxyl groups is 2. The van der Waals surface area contributed by atoms with Crippen LogP contribution >= 0.6 is 23.1 Å². The summed E-state index contributed by atoms with van der Waals surface area (Å²) in [5.41, 5.74) is 1.82. The summed E-state index contributed by atoms with van der Waals surface area (Å²) in [6.45, 7) is 1.18. The monoisotopic (exact) mass is 379 g/mol. The molecule has 3 heterocycles. The molecule has 0 aromatic carbocycles. The van der Waals surface area contributed by atoms with Gasteiger partial charge in [0.1, 0.15) is 5.51 Å². The van der Waals surface area contributed by atoms with E-state index in [4.69, 9.17) is 0 Å². The first-order valence-electron chi connectivity index (χ1n) is 6.92. The van der Waals surface area contributed by atoms with Crippen LogP contribution in [0.3, 0.4) is 0 Å². The van der Waals surface area contributed by atoms with Gasteiger partial charge < -0.3 is 25.0 Å². The number of rotatable bonds is 6. The summed E-state index contributed by atoms with van der Waals surface area (Å²) < 4.78 is 0.666. The van der Waals surface area contributed by atoms with E-state index in [9.17, 15) is 24.9 Å². The molecule has 0 saturated carbocycles. The molecule has 1 saturated heterocycles. The average molecular weight is 379 g/mol. The predicted octanol–water partition coefficient (Wildman–Crippen LogP) is -4.53. The maximum absolute atomic E-state index is 12.2. The number of aliphatic carboxylic acids is 1. The zero-order valence-electron chi connectivity index (χ0n) is 13.1. The van der Waals surface area contributed by atoms with Gasteiger partial charge in [-0.1, -0.05) is 23.1 Å². The van der Waals surface area contributed by atoms with Crippen LogP contribution in [0.1, 0.15) is 6.92 Å². The van der Waals surface area contributed by atoms with Crippen molar-refractivity contribution in [2.24, 2.45) is 11.8 Å². The summed E-state index contributed by atoms with van der Waals surface area (Å²) in [6.07, 6.45) is -0.907. The molecule has 0 aliphatic carbocycles. The summed E-state index contributed by atoms with van der Waals surface area (Å²) in [4.78, 5) is 24.8. The van der Waals surface area contributed by atoms with Crippen LogP contribution < -0.4 is 34.7 Å². The van der Waals surface area contributed by atoms with Crippen molar-refractivity contribution in [1.29, 1.82) is 0 Å². The third kappa shape index (κ3) is 3.16. The molecule has 1 fully saturated rings. The van der Waals surface area contributed by atoms with Crippen LogP contribution in [-0.2, 0) is 9.59 Å². The van der Waals surface area contributed by atoms with Gasteiger partial charge >= 0.3 is 29.6 Å². The van der Waals surface area contributed by atoms with Crippen LogP contribution in [0.2, 0.25) is 0 Å². The molecule has 2 aliphatic heterocycles. The molecule has 8 nitrogen and oxygen atoms in total. The largest absolute Gasteiger partial charge is 1.00 e. The number of amides is 1. The first kappa shape index (κ1) is 19.8. The van der Waals surface area contributed by atoms with Crippen molar-refractivity contribution in [3.63, 3.8) is 0 Å². The summed E-state index contributed by atoms with van der Waals surface area (Å²) in [7, 11) is 0. The van der Waals surface area contributed by atoms with Gasteiger partial charge in [-0.15, -0.1) is 10.2 Å². The Bertz CT molecular complexity index is 667. The molecule has 1 amide bonds. The average Bonchev–Trinajstić information content (AvgIpc) is 3.08. The Morgan fingerprint density at radius 3 is 2.79 bits per heavy atom. The van der Waals surface area contributed by atoms with Gasteiger partial charge in [0.2, 0.25) is 5.91 Å². The van der Waals surface area contributed by atoms with Gasteiger partial charge in [0.15, 0.2) is 4.34 Å². The standard InChI is InChI=1S/C13H15N3O5S2.Na/c1-5(18)8-9-6(2-17)7(3-22-13-15-14-4-23-13)10(12(20)21)16(9)11(8)19;/h4-6,8-9,17-18H,2-3H2,1H3,(H,20,21);/q;+1/p-1/t5-,6+,8-,9+;/m1./s1.